The first kappa shape index (κ1) is 22.9. The van der Waals surface area contributed by atoms with E-state index in [9.17, 15) is 22.0 Å². The Balaban J connectivity index is 1.40. The highest BCUT2D eigenvalue weighted by Crippen LogP contribution is 2.29. The largest absolute Gasteiger partial charge is 0.487 e. The van der Waals surface area contributed by atoms with Gasteiger partial charge >= 0.3 is 12.6 Å². The Morgan fingerprint density at radius 3 is 2.29 bits per heavy atom. The predicted molar refractivity (Wildman–Crippen MR) is 111 cm³/mol. The third-order valence-corrected chi connectivity index (χ3v) is 4.46. The third-order valence-electron chi connectivity index (χ3n) is 4.46. The summed E-state index contributed by atoms with van der Waals surface area (Å²) >= 11 is 0. The number of halogens is 5. The van der Waals surface area contributed by atoms with Crippen LogP contribution in [0.15, 0.2) is 71.3 Å². The number of rotatable bonds is 5. The number of aromatic nitrogens is 3. The first-order valence-electron chi connectivity index (χ1n) is 9.77. The maximum atomic E-state index is 12.8. The zero-order chi connectivity index (χ0) is 24.1. The number of benzene rings is 2. The van der Waals surface area contributed by atoms with Crippen molar-refractivity contribution in [2.75, 3.05) is 0 Å². The minimum atomic E-state index is -4.43. The van der Waals surface area contributed by atoms with E-state index in [4.69, 9.17) is 9.15 Å². The van der Waals surface area contributed by atoms with Crippen LogP contribution in [0.4, 0.5) is 22.0 Å². The minimum Gasteiger partial charge on any atom is -0.487 e. The van der Waals surface area contributed by atoms with E-state index in [1.807, 2.05) is 0 Å². The van der Waals surface area contributed by atoms with Crippen LogP contribution < -0.4 is 4.74 Å². The minimum absolute atomic E-state index is 0.0673. The number of pyridine rings is 1. The third kappa shape index (κ3) is 5.75. The molecule has 0 aliphatic heterocycles. The molecule has 2 aromatic carbocycles. The van der Waals surface area contributed by atoms with Crippen molar-refractivity contribution in [2.24, 2.45) is 0 Å². The van der Waals surface area contributed by atoms with Crippen molar-refractivity contribution in [1.29, 1.82) is 0 Å². The molecule has 34 heavy (non-hydrogen) atoms. The van der Waals surface area contributed by atoms with E-state index < -0.39 is 24.1 Å². The summed E-state index contributed by atoms with van der Waals surface area (Å²) in [6, 6.07) is 14.8. The molecule has 0 saturated heterocycles. The number of alkyl halides is 5. The van der Waals surface area contributed by atoms with Gasteiger partial charge in [-0.1, -0.05) is 24.0 Å². The van der Waals surface area contributed by atoms with Crippen molar-refractivity contribution < 1.29 is 31.1 Å². The number of hydrogen-bond acceptors (Lipinski definition) is 5. The van der Waals surface area contributed by atoms with Crippen LogP contribution in [-0.2, 0) is 12.8 Å². The van der Waals surface area contributed by atoms with E-state index in [1.165, 1.54) is 18.3 Å². The quantitative estimate of drug-likeness (QED) is 0.261. The first-order valence-corrected chi connectivity index (χ1v) is 9.77. The average Bonchev–Trinajstić information content (AvgIpc) is 3.33. The molecule has 2 aromatic heterocycles. The Hall–Kier alpha value is -4.26. The molecule has 0 spiro atoms. The van der Waals surface area contributed by atoms with Gasteiger partial charge in [0.25, 0.3) is 5.89 Å². The molecule has 0 saturated carbocycles. The van der Waals surface area contributed by atoms with Gasteiger partial charge in [-0.25, -0.2) is 0 Å². The molecular weight excluding hydrogens is 457 g/mol. The first-order chi connectivity index (χ1) is 16.3. The molecule has 0 atom stereocenters. The lowest BCUT2D eigenvalue weighted by Crippen LogP contribution is -2.04. The van der Waals surface area contributed by atoms with Gasteiger partial charge in [-0.2, -0.15) is 22.0 Å². The molecule has 0 aliphatic carbocycles. The van der Waals surface area contributed by atoms with Crippen LogP contribution in [0.2, 0.25) is 0 Å². The van der Waals surface area contributed by atoms with Crippen molar-refractivity contribution in [2.45, 2.75) is 19.2 Å². The molecule has 0 radical (unpaired) electrons. The Morgan fingerprint density at radius 1 is 0.912 bits per heavy atom. The molecule has 0 bridgehead atoms. The van der Waals surface area contributed by atoms with Crippen molar-refractivity contribution in [1.82, 2.24) is 15.2 Å². The lowest BCUT2D eigenvalue weighted by atomic mass is 10.1. The van der Waals surface area contributed by atoms with E-state index in [2.05, 4.69) is 27.0 Å². The molecule has 0 unspecified atom stereocenters. The molecule has 4 rings (SSSR count). The van der Waals surface area contributed by atoms with Crippen LogP contribution in [0.25, 0.3) is 11.5 Å². The Kier molecular flexibility index (Phi) is 6.54. The molecular formula is C24H14F5N3O2. The Morgan fingerprint density at radius 2 is 1.65 bits per heavy atom. The van der Waals surface area contributed by atoms with Gasteiger partial charge in [0, 0.05) is 17.3 Å². The standard InChI is InChI=1S/C24H14F5N3O2/c25-21(26)23-32-31-22(34-23)17-9-10-19(30-13-17)14-33-20-6-2-4-16(12-20)8-7-15-3-1-5-18(11-15)24(27,28)29/h1-6,9-13,21H,14H2. The summed E-state index contributed by atoms with van der Waals surface area (Å²) in [7, 11) is 0. The second-order valence-corrected chi connectivity index (χ2v) is 6.93. The molecule has 0 amide bonds. The van der Waals surface area contributed by atoms with Crippen LogP contribution in [0.5, 0.6) is 5.75 Å². The molecule has 2 heterocycles. The monoisotopic (exact) mass is 471 g/mol. The van der Waals surface area contributed by atoms with Gasteiger partial charge in [0.15, 0.2) is 0 Å². The topological polar surface area (TPSA) is 61.0 Å². The Bertz CT molecular complexity index is 1340. The lowest BCUT2D eigenvalue weighted by Gasteiger charge is -2.06. The summed E-state index contributed by atoms with van der Waals surface area (Å²) in [5.74, 6) is 5.20. The van der Waals surface area contributed by atoms with E-state index in [0.717, 1.165) is 12.1 Å². The summed E-state index contributed by atoms with van der Waals surface area (Å²) in [5.41, 5.74) is 0.980. The second kappa shape index (κ2) is 9.70. The second-order valence-electron chi connectivity index (χ2n) is 6.93. The zero-order valence-corrected chi connectivity index (χ0v) is 17.2. The summed E-state index contributed by atoms with van der Waals surface area (Å²) in [6.07, 6.45) is -5.89. The SMILES string of the molecule is FC(F)c1nnc(-c2ccc(COc3cccc(C#Cc4cccc(C(F)(F)F)c4)c3)nc2)o1. The molecule has 172 valence electrons. The van der Waals surface area contributed by atoms with Crippen LogP contribution in [-0.4, -0.2) is 15.2 Å². The van der Waals surface area contributed by atoms with E-state index in [-0.39, 0.29) is 18.1 Å². The van der Waals surface area contributed by atoms with E-state index in [0.29, 0.717) is 22.6 Å². The van der Waals surface area contributed by atoms with Gasteiger partial charge in [-0.3, -0.25) is 4.98 Å². The fraction of sp³-hybridized carbons (Fsp3) is 0.125. The molecule has 5 nitrogen and oxygen atoms in total. The van der Waals surface area contributed by atoms with Crippen LogP contribution in [0.1, 0.15) is 34.7 Å². The lowest BCUT2D eigenvalue weighted by molar-refractivity contribution is -0.137. The van der Waals surface area contributed by atoms with Crippen molar-refractivity contribution in [3.05, 3.63) is 95.1 Å². The van der Waals surface area contributed by atoms with Crippen LogP contribution in [0, 0.1) is 11.8 Å². The van der Waals surface area contributed by atoms with E-state index >= 15 is 0 Å². The average molecular weight is 471 g/mol. The van der Waals surface area contributed by atoms with Gasteiger partial charge in [0.1, 0.15) is 12.4 Å². The van der Waals surface area contributed by atoms with Gasteiger partial charge in [0.05, 0.1) is 16.8 Å². The van der Waals surface area contributed by atoms with Gasteiger partial charge in [0.2, 0.25) is 5.89 Å². The zero-order valence-electron chi connectivity index (χ0n) is 17.2. The molecule has 0 aliphatic rings. The summed E-state index contributed by atoms with van der Waals surface area (Å²) in [5, 5.41) is 6.83. The maximum Gasteiger partial charge on any atom is 0.416 e. The number of ether oxygens (including phenoxy) is 1. The summed E-state index contributed by atoms with van der Waals surface area (Å²) in [6.45, 7) is 0.108. The van der Waals surface area contributed by atoms with Gasteiger partial charge in [-0.05, 0) is 48.5 Å². The maximum absolute atomic E-state index is 12.8. The fourth-order valence-electron chi connectivity index (χ4n) is 2.81. The summed E-state index contributed by atoms with van der Waals surface area (Å²) in [4.78, 5) is 4.19. The van der Waals surface area contributed by atoms with Crippen molar-refractivity contribution in [3.8, 4) is 29.0 Å². The Labute approximate surface area is 190 Å². The summed E-state index contributed by atoms with van der Waals surface area (Å²) < 4.78 is 74.2. The highest BCUT2D eigenvalue weighted by Gasteiger charge is 2.30. The van der Waals surface area contributed by atoms with Crippen molar-refractivity contribution in [3.63, 3.8) is 0 Å². The number of hydrogen-bond donors (Lipinski definition) is 0. The number of nitrogens with zero attached hydrogens (tertiary/aromatic N) is 3. The van der Waals surface area contributed by atoms with Crippen LogP contribution >= 0.6 is 0 Å². The van der Waals surface area contributed by atoms with Crippen LogP contribution in [0.3, 0.4) is 0 Å². The molecule has 0 N–H and O–H groups in total. The molecule has 0 fully saturated rings. The predicted octanol–water partition coefficient (Wildman–Crippen LogP) is 6.07. The molecule has 10 heteroatoms. The van der Waals surface area contributed by atoms with Gasteiger partial charge < -0.3 is 9.15 Å². The van der Waals surface area contributed by atoms with Crippen molar-refractivity contribution >= 4 is 0 Å². The fourth-order valence-corrected chi connectivity index (χ4v) is 2.81. The van der Waals surface area contributed by atoms with E-state index in [1.54, 1.807) is 36.4 Å². The molecule has 4 aromatic rings. The van der Waals surface area contributed by atoms with Gasteiger partial charge in [-0.15, -0.1) is 10.2 Å². The normalized spacial score (nSPS) is 11.2. The highest BCUT2D eigenvalue weighted by atomic mass is 19.4. The smallest absolute Gasteiger partial charge is 0.416 e. The highest BCUT2D eigenvalue weighted by molar-refractivity contribution is 5.51.